The van der Waals surface area contributed by atoms with Gasteiger partial charge in [0.1, 0.15) is 6.04 Å². The zero-order chi connectivity index (χ0) is 26.9. The second-order valence-electron chi connectivity index (χ2n) is 10.2. The second kappa shape index (κ2) is 10.6. The average Bonchev–Trinajstić information content (AvgIpc) is 3.38. The zero-order valence-corrected chi connectivity index (χ0v) is 22.8. The molecule has 1 aliphatic heterocycles. The number of rotatable bonds is 6. The maximum atomic E-state index is 13.6. The molecule has 1 atom stereocenters. The van der Waals surface area contributed by atoms with Crippen LogP contribution in [0.15, 0.2) is 77.6 Å². The van der Waals surface area contributed by atoms with Gasteiger partial charge in [-0.1, -0.05) is 54.1 Å². The van der Waals surface area contributed by atoms with Gasteiger partial charge in [-0.25, -0.2) is 4.68 Å². The zero-order valence-electron chi connectivity index (χ0n) is 22.0. The molecule has 2 aromatic heterocycles. The molecule has 9 heteroatoms. The Kier molecular flexibility index (Phi) is 6.89. The molecule has 3 heterocycles. The summed E-state index contributed by atoms with van der Waals surface area (Å²) in [6.07, 6.45) is 0. The monoisotopic (exact) mass is 539 g/mol. The Morgan fingerprint density at radius 3 is 2.51 bits per heavy atom. The van der Waals surface area contributed by atoms with Crippen molar-refractivity contribution in [2.75, 3.05) is 31.1 Å². The number of hydrogen-bond acceptors (Lipinski definition) is 6. The number of aromatic nitrogens is 5. The maximum Gasteiger partial charge on any atom is 0.253 e. The number of H-pyrrole nitrogens is 1. The van der Waals surface area contributed by atoms with Crippen molar-refractivity contribution in [1.82, 2.24) is 30.1 Å². The molecule has 1 unspecified atom stereocenters. The molecule has 198 valence electrons. The van der Waals surface area contributed by atoms with Crippen LogP contribution in [0.4, 0.5) is 5.69 Å². The topological polar surface area (TPSA) is 82.9 Å². The number of halogens is 1. The summed E-state index contributed by atoms with van der Waals surface area (Å²) in [6.45, 7) is 7.70. The molecule has 0 radical (unpaired) electrons. The molecule has 1 N–H and O–H groups in total. The van der Waals surface area contributed by atoms with E-state index < -0.39 is 6.04 Å². The fraction of sp³-hybridized carbons (Fsp3) is 0.267. The van der Waals surface area contributed by atoms with E-state index in [2.05, 4.69) is 61.5 Å². The molecule has 39 heavy (non-hydrogen) atoms. The molecule has 1 saturated heterocycles. The van der Waals surface area contributed by atoms with E-state index in [1.54, 1.807) is 0 Å². The number of fused-ring (bicyclic) bond motifs is 1. The van der Waals surface area contributed by atoms with Crippen LogP contribution in [-0.2, 0) is 6.54 Å². The molecule has 5 aromatic rings. The molecule has 3 aromatic carbocycles. The van der Waals surface area contributed by atoms with Crippen molar-refractivity contribution >= 4 is 28.2 Å². The van der Waals surface area contributed by atoms with Gasteiger partial charge in [0.05, 0.1) is 6.54 Å². The largest absolute Gasteiger partial charge is 0.369 e. The van der Waals surface area contributed by atoms with E-state index in [1.165, 1.54) is 0 Å². The van der Waals surface area contributed by atoms with Gasteiger partial charge in [0.25, 0.3) is 5.56 Å². The van der Waals surface area contributed by atoms with Crippen molar-refractivity contribution in [3.05, 3.63) is 116 Å². The third-order valence-electron chi connectivity index (χ3n) is 7.47. The molecule has 0 saturated carbocycles. The van der Waals surface area contributed by atoms with Crippen LogP contribution in [0.1, 0.15) is 34.1 Å². The van der Waals surface area contributed by atoms with E-state index in [0.717, 1.165) is 64.5 Å². The van der Waals surface area contributed by atoms with Crippen molar-refractivity contribution in [2.24, 2.45) is 0 Å². The van der Waals surface area contributed by atoms with E-state index in [1.807, 2.05) is 60.1 Å². The Labute approximate surface area is 231 Å². The Bertz CT molecular complexity index is 1670. The lowest BCUT2D eigenvalue weighted by Gasteiger charge is -2.39. The van der Waals surface area contributed by atoms with Crippen LogP contribution in [-0.4, -0.2) is 56.3 Å². The Balaban J connectivity index is 1.40. The minimum atomic E-state index is -0.404. The van der Waals surface area contributed by atoms with Crippen LogP contribution in [0, 0.1) is 13.8 Å². The van der Waals surface area contributed by atoms with Gasteiger partial charge in [-0.05, 0) is 71.3 Å². The Morgan fingerprint density at radius 1 is 0.949 bits per heavy atom. The van der Waals surface area contributed by atoms with Gasteiger partial charge in [-0.2, -0.15) is 0 Å². The summed E-state index contributed by atoms with van der Waals surface area (Å²) in [5, 5.41) is 14.6. The normalized spacial score (nSPS) is 15.1. The van der Waals surface area contributed by atoms with E-state index in [-0.39, 0.29) is 5.56 Å². The number of piperazine rings is 1. The number of hydrogen-bond donors (Lipinski definition) is 1. The number of pyridine rings is 1. The lowest BCUT2D eigenvalue weighted by Crippen LogP contribution is -2.49. The fourth-order valence-electron chi connectivity index (χ4n) is 5.58. The van der Waals surface area contributed by atoms with Gasteiger partial charge in [-0.3, -0.25) is 9.69 Å². The summed E-state index contributed by atoms with van der Waals surface area (Å²) < 4.78 is 1.81. The van der Waals surface area contributed by atoms with E-state index >= 15 is 0 Å². The minimum Gasteiger partial charge on any atom is -0.369 e. The van der Waals surface area contributed by atoms with Crippen LogP contribution in [0.5, 0.6) is 0 Å². The fourth-order valence-corrected chi connectivity index (χ4v) is 5.76. The predicted molar refractivity (Wildman–Crippen MR) is 154 cm³/mol. The number of tetrazole rings is 1. The smallest absolute Gasteiger partial charge is 0.253 e. The summed E-state index contributed by atoms with van der Waals surface area (Å²) in [5.74, 6) is 0.657. The first-order valence-corrected chi connectivity index (χ1v) is 13.5. The van der Waals surface area contributed by atoms with Crippen LogP contribution in [0.3, 0.4) is 0 Å². The highest BCUT2D eigenvalue weighted by molar-refractivity contribution is 6.30. The van der Waals surface area contributed by atoms with E-state index in [0.29, 0.717) is 17.9 Å². The minimum absolute atomic E-state index is 0.121. The third-order valence-corrected chi connectivity index (χ3v) is 7.70. The first-order valence-electron chi connectivity index (χ1n) is 13.1. The summed E-state index contributed by atoms with van der Waals surface area (Å²) in [4.78, 5) is 21.4. The molecular weight excluding hydrogens is 510 g/mol. The highest BCUT2D eigenvalue weighted by Crippen LogP contribution is 2.30. The number of aromatic amines is 1. The molecular formula is C30H30ClN7O. The van der Waals surface area contributed by atoms with Crippen LogP contribution < -0.4 is 10.5 Å². The standard InChI is InChI=1S/C30H30ClN7O/c1-20-15-21(2)25-18-26(30(39)32-27(25)16-20)28(29-33-34-35-38(29)19-22-7-4-3-5-8-22)37-13-11-36(12-14-37)24-10-6-9-23(31)17-24/h3-10,15-18,28H,11-14,19H2,1-2H3,(H,32,39). The first-order chi connectivity index (χ1) is 19.0. The lowest BCUT2D eigenvalue weighted by molar-refractivity contribution is 0.200. The summed E-state index contributed by atoms with van der Waals surface area (Å²) in [7, 11) is 0. The highest BCUT2D eigenvalue weighted by atomic mass is 35.5. The molecule has 0 spiro atoms. The van der Waals surface area contributed by atoms with Crippen LogP contribution in [0.2, 0.25) is 5.02 Å². The molecule has 6 rings (SSSR count). The predicted octanol–water partition coefficient (Wildman–Crippen LogP) is 4.74. The van der Waals surface area contributed by atoms with Crippen LogP contribution in [0.25, 0.3) is 10.9 Å². The van der Waals surface area contributed by atoms with Crippen LogP contribution >= 0.6 is 11.6 Å². The molecule has 1 aliphatic rings. The van der Waals surface area contributed by atoms with Gasteiger partial charge in [0, 0.05) is 53.4 Å². The summed E-state index contributed by atoms with van der Waals surface area (Å²) in [6, 6.07) is 23.8. The van der Waals surface area contributed by atoms with Gasteiger partial charge < -0.3 is 9.88 Å². The second-order valence-corrected chi connectivity index (χ2v) is 10.6. The van der Waals surface area contributed by atoms with Gasteiger partial charge in [-0.15, -0.1) is 5.10 Å². The number of benzene rings is 3. The van der Waals surface area contributed by atoms with Crippen molar-refractivity contribution in [3.8, 4) is 0 Å². The molecule has 0 amide bonds. The molecule has 1 fully saturated rings. The first kappa shape index (κ1) is 25.3. The number of nitrogens with one attached hydrogen (secondary N) is 1. The number of anilines is 1. The lowest BCUT2D eigenvalue weighted by atomic mass is 9.99. The van der Waals surface area contributed by atoms with Gasteiger partial charge in [0.15, 0.2) is 5.82 Å². The van der Waals surface area contributed by atoms with Crippen molar-refractivity contribution < 1.29 is 0 Å². The van der Waals surface area contributed by atoms with Crippen molar-refractivity contribution in [3.63, 3.8) is 0 Å². The Hall–Kier alpha value is -4.01. The molecule has 0 bridgehead atoms. The summed E-state index contributed by atoms with van der Waals surface area (Å²) >= 11 is 6.26. The third kappa shape index (κ3) is 5.17. The number of aryl methyl sites for hydroxylation is 2. The average molecular weight is 540 g/mol. The van der Waals surface area contributed by atoms with Crippen molar-refractivity contribution in [2.45, 2.75) is 26.4 Å². The maximum absolute atomic E-state index is 13.6. The quantitative estimate of drug-likeness (QED) is 0.335. The summed E-state index contributed by atoms with van der Waals surface area (Å²) in [5.41, 5.74) is 5.80. The van der Waals surface area contributed by atoms with Crippen molar-refractivity contribution in [1.29, 1.82) is 0 Å². The molecule has 0 aliphatic carbocycles. The SMILES string of the molecule is Cc1cc(C)c2cc(C(c3nnnn3Cc3ccccc3)N3CCN(c4cccc(Cl)c4)CC3)c(=O)[nH]c2c1. The molecule has 8 nitrogen and oxygen atoms in total. The highest BCUT2D eigenvalue weighted by Gasteiger charge is 2.33. The van der Waals surface area contributed by atoms with Gasteiger partial charge in [0.2, 0.25) is 0 Å². The number of nitrogens with zero attached hydrogens (tertiary/aromatic N) is 6. The Morgan fingerprint density at radius 2 is 1.74 bits per heavy atom. The van der Waals surface area contributed by atoms with Gasteiger partial charge >= 0.3 is 0 Å². The van der Waals surface area contributed by atoms with E-state index in [4.69, 9.17) is 11.6 Å². The van der Waals surface area contributed by atoms with E-state index in [9.17, 15) is 4.79 Å².